The second kappa shape index (κ2) is 3.86. The van der Waals surface area contributed by atoms with Gasteiger partial charge in [-0.1, -0.05) is 25.1 Å². The molecule has 1 aromatic carbocycles. The molecule has 1 saturated carbocycles. The highest BCUT2D eigenvalue weighted by molar-refractivity contribution is 5.38. The highest BCUT2D eigenvalue weighted by Crippen LogP contribution is 2.44. The van der Waals surface area contributed by atoms with Gasteiger partial charge in [0.05, 0.1) is 12.7 Å². The molecule has 0 heterocycles. The van der Waals surface area contributed by atoms with Crippen molar-refractivity contribution in [3.8, 4) is 5.75 Å². The Hall–Kier alpha value is -1.02. The lowest BCUT2D eigenvalue weighted by Gasteiger charge is -2.25. The number of methoxy groups -OCH3 is 1. The van der Waals surface area contributed by atoms with E-state index in [0.717, 1.165) is 30.6 Å². The van der Waals surface area contributed by atoms with Crippen LogP contribution in [0, 0.1) is 5.92 Å². The maximum atomic E-state index is 10.6. The first-order chi connectivity index (χ1) is 7.15. The topological polar surface area (TPSA) is 29.5 Å². The van der Waals surface area contributed by atoms with E-state index in [1.54, 1.807) is 7.11 Å². The van der Waals surface area contributed by atoms with Gasteiger partial charge >= 0.3 is 0 Å². The maximum absolute atomic E-state index is 10.6. The summed E-state index contributed by atoms with van der Waals surface area (Å²) in [4.78, 5) is 0. The number of benzene rings is 1. The van der Waals surface area contributed by atoms with E-state index in [9.17, 15) is 5.11 Å². The first-order valence-electron chi connectivity index (χ1n) is 5.51. The molecule has 0 aliphatic heterocycles. The van der Waals surface area contributed by atoms with Crippen LogP contribution in [0.2, 0.25) is 0 Å². The van der Waals surface area contributed by atoms with Crippen LogP contribution in [-0.4, -0.2) is 12.2 Å². The van der Waals surface area contributed by atoms with E-state index in [-0.39, 0.29) is 0 Å². The van der Waals surface area contributed by atoms with Crippen molar-refractivity contribution in [3.05, 3.63) is 29.8 Å². The Bertz CT molecular complexity index is 348. The number of hydrogen-bond acceptors (Lipinski definition) is 2. The van der Waals surface area contributed by atoms with Crippen molar-refractivity contribution in [2.75, 3.05) is 7.11 Å². The molecule has 2 nitrogen and oxygen atoms in total. The summed E-state index contributed by atoms with van der Waals surface area (Å²) in [5.74, 6) is 1.40. The van der Waals surface area contributed by atoms with E-state index in [0.29, 0.717) is 5.92 Å². The summed E-state index contributed by atoms with van der Waals surface area (Å²) in [5.41, 5.74) is 0.267. The molecular formula is C13H18O2. The van der Waals surface area contributed by atoms with Crippen molar-refractivity contribution in [2.24, 2.45) is 5.92 Å². The lowest BCUT2D eigenvalue weighted by Crippen LogP contribution is -2.22. The molecule has 0 bridgehead atoms. The van der Waals surface area contributed by atoms with Gasteiger partial charge < -0.3 is 9.84 Å². The van der Waals surface area contributed by atoms with Crippen molar-refractivity contribution in [3.63, 3.8) is 0 Å². The number of para-hydroxylation sites is 1. The number of rotatable bonds is 2. The molecule has 1 aromatic rings. The normalized spacial score (nSPS) is 30.5. The van der Waals surface area contributed by atoms with E-state index in [2.05, 4.69) is 6.92 Å². The third-order valence-corrected chi connectivity index (χ3v) is 3.35. The summed E-state index contributed by atoms with van der Waals surface area (Å²) in [7, 11) is 1.65. The van der Waals surface area contributed by atoms with Crippen LogP contribution in [0.5, 0.6) is 5.75 Å². The zero-order chi connectivity index (χ0) is 10.9. The number of aliphatic hydroxyl groups is 1. The van der Waals surface area contributed by atoms with Crippen molar-refractivity contribution in [1.82, 2.24) is 0 Å². The van der Waals surface area contributed by atoms with E-state index >= 15 is 0 Å². The second-order valence-electron chi connectivity index (χ2n) is 4.58. The van der Waals surface area contributed by atoms with E-state index in [1.807, 2.05) is 24.3 Å². The minimum Gasteiger partial charge on any atom is -0.496 e. The van der Waals surface area contributed by atoms with E-state index < -0.39 is 5.60 Å². The Morgan fingerprint density at radius 2 is 2.13 bits per heavy atom. The van der Waals surface area contributed by atoms with Gasteiger partial charge in [-0.05, 0) is 31.2 Å². The maximum Gasteiger partial charge on any atom is 0.124 e. The van der Waals surface area contributed by atoms with Crippen molar-refractivity contribution >= 4 is 0 Å². The average molecular weight is 206 g/mol. The fourth-order valence-electron chi connectivity index (χ4n) is 2.54. The predicted molar refractivity (Wildman–Crippen MR) is 59.9 cm³/mol. The largest absolute Gasteiger partial charge is 0.496 e. The molecule has 2 rings (SSSR count). The molecule has 2 atom stereocenters. The van der Waals surface area contributed by atoms with E-state index in [1.165, 1.54) is 0 Å². The predicted octanol–water partition coefficient (Wildman–Crippen LogP) is 2.70. The summed E-state index contributed by atoms with van der Waals surface area (Å²) in [6.45, 7) is 2.19. The van der Waals surface area contributed by atoms with Gasteiger partial charge in [0, 0.05) is 5.56 Å². The lowest BCUT2D eigenvalue weighted by molar-refractivity contribution is 0.0383. The standard InChI is InChI=1S/C13H18O2/c1-10-7-8-13(14,9-10)11-5-3-4-6-12(11)15-2/h3-6,10,14H,7-9H2,1-2H3/t10-,13?/m0/s1. The summed E-state index contributed by atoms with van der Waals surface area (Å²) in [6, 6.07) is 7.77. The third-order valence-electron chi connectivity index (χ3n) is 3.35. The lowest BCUT2D eigenvalue weighted by atomic mass is 9.90. The molecule has 15 heavy (non-hydrogen) atoms. The van der Waals surface area contributed by atoms with Crippen LogP contribution in [0.15, 0.2) is 24.3 Å². The Balaban J connectivity index is 2.36. The van der Waals surface area contributed by atoms with E-state index in [4.69, 9.17) is 4.74 Å². The van der Waals surface area contributed by atoms with Gasteiger partial charge in [0.15, 0.2) is 0 Å². The van der Waals surface area contributed by atoms with Crippen LogP contribution in [0.3, 0.4) is 0 Å². The van der Waals surface area contributed by atoms with Gasteiger partial charge in [-0.3, -0.25) is 0 Å². The highest BCUT2D eigenvalue weighted by Gasteiger charge is 2.38. The fraction of sp³-hybridized carbons (Fsp3) is 0.538. The summed E-state index contributed by atoms with van der Waals surface area (Å²) < 4.78 is 5.30. The van der Waals surface area contributed by atoms with Crippen molar-refractivity contribution in [1.29, 1.82) is 0 Å². The molecule has 2 heteroatoms. The molecule has 1 aliphatic carbocycles. The molecule has 1 N–H and O–H groups in total. The monoisotopic (exact) mass is 206 g/mol. The van der Waals surface area contributed by atoms with Gasteiger partial charge in [0.25, 0.3) is 0 Å². The van der Waals surface area contributed by atoms with Gasteiger partial charge in [-0.15, -0.1) is 0 Å². The molecule has 0 aromatic heterocycles. The highest BCUT2D eigenvalue weighted by atomic mass is 16.5. The molecular weight excluding hydrogens is 188 g/mol. The first-order valence-corrected chi connectivity index (χ1v) is 5.51. The third kappa shape index (κ3) is 1.86. The van der Waals surface area contributed by atoms with Crippen LogP contribution in [0.25, 0.3) is 0 Å². The molecule has 0 radical (unpaired) electrons. The average Bonchev–Trinajstić information content (AvgIpc) is 2.60. The smallest absolute Gasteiger partial charge is 0.124 e. The van der Waals surface area contributed by atoms with Crippen molar-refractivity contribution in [2.45, 2.75) is 31.8 Å². The summed E-state index contributed by atoms with van der Waals surface area (Å²) in [5, 5.41) is 10.6. The second-order valence-corrected chi connectivity index (χ2v) is 4.58. The SMILES string of the molecule is COc1ccccc1C1(O)CC[C@H](C)C1. The number of ether oxygens (including phenoxy) is 1. The van der Waals surface area contributed by atoms with Gasteiger partial charge in [-0.25, -0.2) is 0 Å². The van der Waals surface area contributed by atoms with Crippen LogP contribution < -0.4 is 4.74 Å². The van der Waals surface area contributed by atoms with Crippen LogP contribution in [-0.2, 0) is 5.60 Å². The Labute approximate surface area is 90.9 Å². The summed E-state index contributed by atoms with van der Waals surface area (Å²) >= 11 is 0. The Morgan fingerprint density at radius 3 is 2.73 bits per heavy atom. The summed E-state index contributed by atoms with van der Waals surface area (Å²) in [6.07, 6.45) is 2.77. The Kier molecular flexibility index (Phi) is 2.70. The van der Waals surface area contributed by atoms with Crippen molar-refractivity contribution < 1.29 is 9.84 Å². The minimum atomic E-state index is -0.675. The molecule has 1 aliphatic rings. The van der Waals surface area contributed by atoms with Crippen LogP contribution in [0.1, 0.15) is 31.7 Å². The minimum absolute atomic E-state index is 0.597. The molecule has 0 saturated heterocycles. The zero-order valence-electron chi connectivity index (χ0n) is 9.36. The molecule has 1 fully saturated rings. The molecule has 82 valence electrons. The first kappa shape index (κ1) is 10.5. The fourth-order valence-corrected chi connectivity index (χ4v) is 2.54. The number of hydrogen-bond donors (Lipinski definition) is 1. The molecule has 0 spiro atoms. The zero-order valence-corrected chi connectivity index (χ0v) is 9.36. The van der Waals surface area contributed by atoms with Crippen LogP contribution >= 0.6 is 0 Å². The van der Waals surface area contributed by atoms with Gasteiger partial charge in [0.1, 0.15) is 5.75 Å². The molecule has 1 unspecified atom stereocenters. The Morgan fingerprint density at radius 1 is 1.40 bits per heavy atom. The van der Waals surface area contributed by atoms with Gasteiger partial charge in [-0.2, -0.15) is 0 Å². The van der Waals surface area contributed by atoms with Gasteiger partial charge in [0.2, 0.25) is 0 Å². The van der Waals surface area contributed by atoms with Crippen LogP contribution in [0.4, 0.5) is 0 Å². The molecule has 0 amide bonds. The quantitative estimate of drug-likeness (QED) is 0.806.